The van der Waals surface area contributed by atoms with Gasteiger partial charge in [0.25, 0.3) is 0 Å². The zero-order chi connectivity index (χ0) is 75.3. The Hall–Kier alpha value is -13.0. The zero-order valence-corrected chi connectivity index (χ0v) is 63.4. The van der Waals surface area contributed by atoms with Crippen LogP contribution in [0.5, 0.6) is 23.0 Å². The molecule has 0 radical (unpaired) electrons. The van der Waals surface area contributed by atoms with Crippen molar-refractivity contribution >= 4 is 137 Å². The van der Waals surface area contributed by atoms with Crippen molar-refractivity contribution < 1.29 is 29.6 Å². The maximum absolute atomic E-state index is 11.2. The highest BCUT2D eigenvalue weighted by atomic mass is 35.5. The Kier molecular flexibility index (Phi) is 34.7. The first-order valence-electron chi connectivity index (χ1n) is 35.3. The predicted octanol–water partition coefficient (Wildman–Crippen LogP) is 25.2. The van der Waals surface area contributed by atoms with Gasteiger partial charge in [-0.2, -0.15) is 0 Å². The second kappa shape index (κ2) is 44.3. The summed E-state index contributed by atoms with van der Waals surface area (Å²) in [4.78, 5) is 48.6. The topological polar surface area (TPSA) is 181 Å². The summed E-state index contributed by atoms with van der Waals surface area (Å²) in [5.74, 6) is 0.834. The van der Waals surface area contributed by atoms with Crippen molar-refractivity contribution in [1.29, 1.82) is 0 Å². The summed E-state index contributed by atoms with van der Waals surface area (Å²) in [5, 5.41) is 35.5. The van der Waals surface area contributed by atoms with E-state index in [1.165, 1.54) is 29.1 Å². The number of aldehydes is 1. The number of phenols is 3. The summed E-state index contributed by atoms with van der Waals surface area (Å²) in [6, 6.07) is 102. The molecule has 16 rings (SSSR count). The largest absolute Gasteiger partial charge is 0.507 e. The van der Waals surface area contributed by atoms with Crippen LogP contribution in [0.1, 0.15) is 118 Å². The smallest absolute Gasteiger partial charge is 0.308 e. The molecule has 10 aromatic carbocycles. The number of carbonyl (C=O) groups excluding carboxylic acids is 2. The number of phenolic OH excluding ortho intramolecular Hbond substituents is 3. The Labute approximate surface area is 663 Å². The number of aryl methyl sites for hydroxylation is 3. The van der Waals surface area contributed by atoms with E-state index < -0.39 is 0 Å². The fourth-order valence-corrected chi connectivity index (χ4v) is 11.2. The fourth-order valence-electron chi connectivity index (χ4n) is 11.2. The van der Waals surface area contributed by atoms with Crippen LogP contribution in [0.25, 0.3) is 100 Å². The third-order valence-electron chi connectivity index (χ3n) is 17.0. The van der Waals surface area contributed by atoms with Crippen LogP contribution < -0.4 is 4.74 Å². The van der Waals surface area contributed by atoms with Crippen molar-refractivity contribution in [3.63, 3.8) is 0 Å². The normalized spacial score (nSPS) is 10.6. The Morgan fingerprint density at radius 1 is 0.315 bits per heavy atom. The molecule has 6 heterocycles. The summed E-state index contributed by atoms with van der Waals surface area (Å²) in [6.07, 6.45) is 8.51. The van der Waals surface area contributed by atoms with Crippen molar-refractivity contribution in [1.82, 2.24) is 29.9 Å². The number of benzene rings is 10. The maximum Gasteiger partial charge on any atom is 0.308 e. The van der Waals surface area contributed by atoms with E-state index in [0.717, 1.165) is 130 Å². The molecule has 0 aliphatic carbocycles. The minimum Gasteiger partial charge on any atom is -0.507 e. The summed E-state index contributed by atoms with van der Waals surface area (Å²) in [7, 11) is 0. The van der Waals surface area contributed by atoms with Crippen molar-refractivity contribution in [2.75, 3.05) is 0 Å². The highest BCUT2D eigenvalue weighted by Crippen LogP contribution is 2.29. The number of nitrogens with zero attached hydrogens (tertiary/aromatic N) is 6. The number of carbonyl (C=O) groups is 2. The molecule has 111 heavy (non-hydrogen) atoms. The third kappa shape index (κ3) is 25.6. The molecule has 0 atom stereocenters. The molecule has 6 aromatic heterocycles. The van der Waals surface area contributed by atoms with Gasteiger partial charge in [-0.15, -0.1) is 24.8 Å². The average molecular weight is 1510 g/mol. The molecule has 0 aliphatic heterocycles. The third-order valence-corrected chi connectivity index (χ3v) is 17.0. The number of pyridine rings is 6. The Morgan fingerprint density at radius 3 is 0.892 bits per heavy atom. The van der Waals surface area contributed by atoms with Crippen molar-refractivity contribution in [3.05, 3.63) is 372 Å². The lowest BCUT2D eigenvalue weighted by Crippen LogP contribution is -2.02. The second-order valence-corrected chi connectivity index (χ2v) is 24.9. The van der Waals surface area contributed by atoms with Gasteiger partial charge in [0.05, 0.1) is 55.7 Å². The standard InChI is InChI=1S/C20H17NO2.2C18H15NO.2C11H11N.C10H9N.C7H6O2.2CH4.2ClH/c1-14(13-17-8-4-6-10-20(17)23-15(2)22)18-12-11-16-7-3-5-9-19(16)21-18;2*1-13(12-15-7-3-5-9-18(15)20)16-11-10-14-6-2-4-8-17(14)19-16;2*1-2-10-8-7-9-5-3-4-6-11(9)12-10;1-8-6-7-9-4-2-3-5-10(9)11-8;8-5-6-3-1-2-4-7(6)9;;;;/h3-13H,1-2H3;2*2-12,20H,1H3;2*3-8H,2H2,1H3;2-7H,1H3;1-5,9H;2*1H4;2*1H/b14-13+;2*13-12+;;;;;;;;. The number of hydrogen-bond donors (Lipinski definition) is 3. The minimum atomic E-state index is -0.327. The van der Waals surface area contributed by atoms with Gasteiger partial charge in [0.2, 0.25) is 0 Å². The van der Waals surface area contributed by atoms with E-state index in [2.05, 4.69) is 123 Å². The highest BCUT2D eigenvalue weighted by Gasteiger charge is 2.09. The number of esters is 1. The zero-order valence-electron chi connectivity index (χ0n) is 61.8. The Balaban J connectivity index is 0.000000205. The molecule has 0 fully saturated rings. The monoisotopic (exact) mass is 1510 g/mol. The molecule has 16 aromatic rings. The van der Waals surface area contributed by atoms with Crippen LogP contribution in [0.2, 0.25) is 0 Å². The number of aromatic nitrogens is 6. The summed E-state index contributed by atoms with van der Waals surface area (Å²) in [6.45, 7) is 13.7. The minimum absolute atomic E-state index is 0. The van der Waals surface area contributed by atoms with Crippen LogP contribution in [0.3, 0.4) is 0 Å². The first kappa shape index (κ1) is 86.9. The van der Waals surface area contributed by atoms with E-state index in [9.17, 15) is 19.8 Å². The van der Waals surface area contributed by atoms with Gasteiger partial charge in [0.1, 0.15) is 23.0 Å². The molecule has 3 N–H and O–H groups in total. The molecule has 12 nitrogen and oxygen atoms in total. The van der Waals surface area contributed by atoms with Crippen LogP contribution >= 0.6 is 24.8 Å². The fraction of sp³-hybridized carbons (Fsp3) is 0.113. The average Bonchev–Trinajstić information content (AvgIpc) is 0.840. The van der Waals surface area contributed by atoms with Crippen molar-refractivity contribution in [2.45, 2.75) is 76.2 Å². The first-order valence-corrected chi connectivity index (χ1v) is 35.3. The quantitative estimate of drug-likeness (QED) is 0.0671. The molecule has 0 bridgehead atoms. The maximum atomic E-state index is 11.2. The SMILES string of the molecule is C.C.C/C(=C\c1ccccc1O)c1ccc2ccccc2n1.C/C(=C\c1ccccc1O)c1ccc2ccccc2n1.CC(=O)Oc1ccccc1/C=C(\C)c1ccc2ccccc2n1.CCc1ccc2ccccc2n1.CCc1ccc2ccccc2n1.Cc1ccc2ccccc2n1.Cl.Cl.O=Cc1ccccc1O. The van der Waals surface area contributed by atoms with Crippen molar-refractivity contribution in [3.8, 4) is 23.0 Å². The highest BCUT2D eigenvalue weighted by molar-refractivity contribution is 5.89. The molecule has 14 heteroatoms. The van der Waals surface area contributed by atoms with E-state index in [-0.39, 0.29) is 62.9 Å². The van der Waals surface area contributed by atoms with Crippen LogP contribution in [0, 0.1) is 6.92 Å². The summed E-state index contributed by atoms with van der Waals surface area (Å²) in [5.41, 5.74) is 18.2. The number of aromatic hydroxyl groups is 3. The van der Waals surface area contributed by atoms with E-state index in [4.69, 9.17) is 9.84 Å². The molecule has 0 saturated heterocycles. The molecule has 0 spiro atoms. The van der Waals surface area contributed by atoms with Gasteiger partial charge in [0, 0.05) is 73.0 Å². The first-order chi connectivity index (χ1) is 52.1. The van der Waals surface area contributed by atoms with E-state index in [1.54, 1.807) is 36.4 Å². The van der Waals surface area contributed by atoms with Gasteiger partial charge >= 0.3 is 5.97 Å². The second-order valence-electron chi connectivity index (χ2n) is 24.9. The molecule has 0 unspecified atom stereocenters. The Bertz CT molecular complexity index is 5590. The van der Waals surface area contributed by atoms with Gasteiger partial charge in [-0.25, -0.2) is 15.0 Å². The van der Waals surface area contributed by atoms with E-state index in [0.29, 0.717) is 17.6 Å². The lowest BCUT2D eigenvalue weighted by Gasteiger charge is -2.07. The van der Waals surface area contributed by atoms with Crippen LogP contribution in [0.4, 0.5) is 0 Å². The Morgan fingerprint density at radius 2 is 0.577 bits per heavy atom. The predicted molar refractivity (Wildman–Crippen MR) is 470 cm³/mol. The molecule has 0 amide bonds. The number of halogens is 2. The molecule has 0 aliphatic rings. The number of allylic oxidation sites excluding steroid dienone is 3. The van der Waals surface area contributed by atoms with E-state index >= 15 is 0 Å². The number of ether oxygens (including phenoxy) is 1. The van der Waals surface area contributed by atoms with Gasteiger partial charge in [-0.1, -0.05) is 241 Å². The van der Waals surface area contributed by atoms with Crippen LogP contribution in [-0.4, -0.2) is 57.5 Å². The van der Waals surface area contributed by atoms with E-state index in [1.807, 2.05) is 240 Å². The number of rotatable bonds is 10. The van der Waals surface area contributed by atoms with Gasteiger partial charge in [-0.3, -0.25) is 24.5 Å². The number of hydrogen-bond acceptors (Lipinski definition) is 12. The summed E-state index contributed by atoms with van der Waals surface area (Å²) >= 11 is 0. The number of fused-ring (bicyclic) bond motifs is 6. The van der Waals surface area contributed by atoms with Gasteiger partial charge in [0.15, 0.2) is 6.29 Å². The van der Waals surface area contributed by atoms with Crippen LogP contribution in [0.15, 0.2) is 315 Å². The lowest BCUT2D eigenvalue weighted by atomic mass is 10.1. The molecular weight excluding hydrogens is 1420 g/mol. The molecular formula is C97H94Cl2N6O6. The van der Waals surface area contributed by atoms with Crippen LogP contribution in [-0.2, 0) is 17.6 Å². The van der Waals surface area contributed by atoms with Gasteiger partial charge < -0.3 is 20.1 Å². The van der Waals surface area contributed by atoms with Crippen molar-refractivity contribution in [2.24, 2.45) is 0 Å². The molecule has 0 saturated carbocycles. The lowest BCUT2D eigenvalue weighted by molar-refractivity contribution is -0.131. The molecule has 562 valence electrons. The number of para-hydroxylation sites is 10. The summed E-state index contributed by atoms with van der Waals surface area (Å²) < 4.78 is 5.25. The van der Waals surface area contributed by atoms with Gasteiger partial charge in [-0.05, 0) is 179 Å².